The highest BCUT2D eigenvalue weighted by Crippen LogP contribution is 2.47. The van der Waals surface area contributed by atoms with Gasteiger partial charge >= 0.3 is 0 Å². The largest absolute Gasteiger partial charge is 0.393 e. The van der Waals surface area contributed by atoms with Gasteiger partial charge < -0.3 is 36.4 Å². The third-order valence-corrected chi connectivity index (χ3v) is 16.8. The molecule has 0 bridgehead atoms. The van der Waals surface area contributed by atoms with Gasteiger partial charge in [-0.25, -0.2) is 0 Å². The molecule has 2 saturated heterocycles. The summed E-state index contributed by atoms with van der Waals surface area (Å²) in [6, 6.07) is 0.351. The number of carbonyl (C=O) groups is 2. The summed E-state index contributed by atoms with van der Waals surface area (Å²) in [5.41, 5.74) is 6.69. The summed E-state index contributed by atoms with van der Waals surface area (Å²) >= 11 is 0. The maximum atomic E-state index is 14.4. The lowest BCUT2D eigenvalue weighted by atomic mass is 9.64. The number of aliphatic imine (C=N–C) groups is 1. The van der Waals surface area contributed by atoms with Crippen LogP contribution in [0.3, 0.4) is 0 Å². The summed E-state index contributed by atoms with van der Waals surface area (Å²) < 4.78 is 5.77. The van der Waals surface area contributed by atoms with E-state index in [0.717, 1.165) is 77.3 Å². The third kappa shape index (κ3) is 11.3. The molecule has 60 heavy (non-hydrogen) atoms. The molecule has 0 amide bonds. The molecule has 7 rings (SSSR count). The van der Waals surface area contributed by atoms with Crippen molar-refractivity contribution in [1.29, 1.82) is 0 Å². The van der Waals surface area contributed by atoms with Crippen molar-refractivity contribution in [2.45, 2.75) is 179 Å². The van der Waals surface area contributed by atoms with E-state index in [4.69, 9.17) is 10.5 Å². The lowest BCUT2D eigenvalue weighted by Crippen LogP contribution is -2.49. The van der Waals surface area contributed by atoms with E-state index in [1.807, 2.05) is 12.8 Å². The molecule has 0 radical (unpaired) electrons. The van der Waals surface area contributed by atoms with Crippen LogP contribution in [0.2, 0.25) is 0 Å². The van der Waals surface area contributed by atoms with Crippen molar-refractivity contribution in [3.05, 3.63) is 18.2 Å². The lowest BCUT2D eigenvalue weighted by molar-refractivity contribution is -0.135. The zero-order valence-corrected chi connectivity index (χ0v) is 37.1. The first-order valence-corrected chi connectivity index (χ1v) is 24.3. The fraction of sp³-hybridized carbons (Fsp3) is 0.840. The van der Waals surface area contributed by atoms with Gasteiger partial charge in [0.25, 0.3) is 0 Å². The predicted octanol–water partition coefficient (Wildman–Crippen LogP) is 6.30. The van der Waals surface area contributed by atoms with Gasteiger partial charge in [0.15, 0.2) is 12.0 Å². The fourth-order valence-corrected chi connectivity index (χ4v) is 13.0. The Morgan fingerprint density at radius 1 is 0.950 bits per heavy atom. The van der Waals surface area contributed by atoms with Crippen molar-refractivity contribution in [3.8, 4) is 11.8 Å². The number of carbonyl (C=O) groups excluding carboxylic acids is 2. The Morgan fingerprint density at radius 3 is 2.53 bits per heavy atom. The molecule has 0 aromatic carbocycles. The molecule has 0 aromatic rings. The number of aliphatic hydroxyl groups is 3. The topological polar surface area (TPSA) is 166 Å². The van der Waals surface area contributed by atoms with Gasteiger partial charge in [-0.3, -0.25) is 9.59 Å². The number of hydrogen-bond acceptors (Lipinski definition) is 10. The average molecular weight is 832 g/mol. The molecule has 1 spiro atoms. The van der Waals surface area contributed by atoms with Gasteiger partial charge in [0.1, 0.15) is 23.3 Å². The number of allylic oxidation sites excluding steroid dienone is 1. The summed E-state index contributed by atoms with van der Waals surface area (Å²) in [4.78, 5) is 30.7. The normalized spacial score (nSPS) is 40.6. The van der Waals surface area contributed by atoms with E-state index in [9.17, 15) is 24.9 Å². The SMILES string of the molecule is COC1CC2CCC(=O)C3(C#CC(CCC(O)C(CCC(C)C)CC4CC(N)NCC4CC4=C[CH+]N=C4)C2CC1O)CCC(CCC1CNC2CC(=O)CCC2C1)CC3O. The van der Waals surface area contributed by atoms with E-state index in [2.05, 4.69) is 47.4 Å². The van der Waals surface area contributed by atoms with Crippen LogP contribution < -0.4 is 16.4 Å². The molecular weight excluding hydrogens is 753 g/mol. The Balaban J connectivity index is 1.04. The minimum atomic E-state index is -1.06. The molecule has 3 aliphatic heterocycles. The smallest absolute Gasteiger partial charge is 0.176 e. The van der Waals surface area contributed by atoms with Gasteiger partial charge in [0.05, 0.1) is 36.7 Å². The monoisotopic (exact) mass is 832 g/mol. The van der Waals surface area contributed by atoms with Gasteiger partial charge in [0.2, 0.25) is 0 Å². The Kier molecular flexibility index (Phi) is 16.1. The summed E-state index contributed by atoms with van der Waals surface area (Å²) in [6.07, 6.45) is 18.2. The number of nitrogens with one attached hydrogen (secondary N) is 2. The lowest BCUT2D eigenvalue weighted by Gasteiger charge is -2.42. The summed E-state index contributed by atoms with van der Waals surface area (Å²) in [6.45, 7) is 8.21. The highest BCUT2D eigenvalue weighted by atomic mass is 16.5. The Labute approximate surface area is 361 Å². The minimum Gasteiger partial charge on any atom is -0.393 e. The number of ketones is 2. The molecule has 4 aliphatic carbocycles. The molecule has 16 atom stereocenters. The molecule has 10 heteroatoms. The van der Waals surface area contributed by atoms with Gasteiger partial charge in [-0.1, -0.05) is 38.5 Å². The maximum absolute atomic E-state index is 14.4. The Bertz CT molecular complexity index is 1570. The Hall–Kier alpha value is -2.10. The van der Waals surface area contributed by atoms with Crippen molar-refractivity contribution >= 4 is 17.8 Å². The van der Waals surface area contributed by atoms with Crippen LogP contribution in [0.25, 0.3) is 0 Å². The van der Waals surface area contributed by atoms with E-state index in [1.165, 1.54) is 12.0 Å². The van der Waals surface area contributed by atoms with E-state index in [0.29, 0.717) is 105 Å². The van der Waals surface area contributed by atoms with Crippen LogP contribution >= 0.6 is 0 Å². The van der Waals surface area contributed by atoms with Crippen molar-refractivity contribution in [2.75, 3.05) is 20.2 Å². The van der Waals surface area contributed by atoms with E-state index in [-0.39, 0.29) is 41.7 Å². The highest BCUT2D eigenvalue weighted by molar-refractivity contribution is 5.89. The van der Waals surface area contributed by atoms with Crippen LogP contribution in [-0.4, -0.2) is 89.9 Å². The van der Waals surface area contributed by atoms with Gasteiger partial charge in [-0.2, -0.15) is 0 Å². The highest BCUT2D eigenvalue weighted by Gasteiger charge is 2.49. The standard InChI is InChI=1S/C50H79N4O6/c1-31(2)4-7-38(23-39-25-49(51)54-30-40(39)21-34-16-19-52-28-34)44(56)12-9-35-15-18-50(47(58)13-10-36-24-46(60-3)45(57)27-42(35)36)17-14-32(22-48(50)59)5-6-33-20-37-8-11-41(55)26-43(37)53-29-33/h16,19,28,31-33,35-40,42-46,48-49,53-54,56-57,59H,4-14,17,20-27,29-30,51H2,1-3H3/q+1. The molecule has 16 unspecified atom stereocenters. The molecule has 10 nitrogen and oxygen atoms in total. The average Bonchev–Trinajstić information content (AvgIpc) is 3.76. The Morgan fingerprint density at radius 2 is 1.77 bits per heavy atom. The van der Waals surface area contributed by atoms with Gasteiger partial charge in [-0.15, -0.1) is 4.99 Å². The second-order valence-electron chi connectivity index (χ2n) is 21.2. The van der Waals surface area contributed by atoms with Crippen LogP contribution in [0.1, 0.15) is 142 Å². The number of ether oxygens (including phenoxy) is 1. The zero-order chi connectivity index (χ0) is 42.4. The van der Waals surface area contributed by atoms with Crippen LogP contribution in [0, 0.1) is 83.0 Å². The number of nitrogens with zero attached hydrogens (tertiary/aromatic N) is 1. The molecule has 3 saturated carbocycles. The van der Waals surface area contributed by atoms with Crippen molar-refractivity contribution < 1.29 is 29.6 Å². The molecule has 5 fully saturated rings. The fourth-order valence-electron chi connectivity index (χ4n) is 13.0. The molecule has 334 valence electrons. The number of Topliss-reactive ketones (excluding diaryl/α,β-unsaturated/α-hetero) is 2. The van der Waals surface area contributed by atoms with Crippen molar-refractivity contribution in [2.24, 2.45) is 75.3 Å². The predicted molar refractivity (Wildman–Crippen MR) is 236 cm³/mol. The number of fused-ring (bicyclic) bond motifs is 2. The molecule has 0 aromatic heterocycles. The molecule has 7 aliphatic rings. The molecular formula is C50H79N4O6+. The van der Waals surface area contributed by atoms with Crippen molar-refractivity contribution in [1.82, 2.24) is 10.6 Å². The van der Waals surface area contributed by atoms with Crippen LogP contribution in [0.15, 0.2) is 16.6 Å². The number of piperidine rings is 2. The van der Waals surface area contributed by atoms with Crippen LogP contribution in [-0.2, 0) is 14.3 Å². The second-order valence-corrected chi connectivity index (χ2v) is 21.2. The molecule has 7 N–H and O–H groups in total. The first kappa shape index (κ1) is 45.9. The molecule has 3 heterocycles. The number of methoxy groups -OCH3 is 1. The minimum absolute atomic E-state index is 0.0420. The first-order chi connectivity index (χ1) is 28.9. The zero-order valence-electron chi connectivity index (χ0n) is 37.1. The summed E-state index contributed by atoms with van der Waals surface area (Å²) in [5.74, 6) is 10.9. The number of hydrogen-bond donors (Lipinski definition) is 6. The number of rotatable bonds is 15. The van der Waals surface area contributed by atoms with E-state index < -0.39 is 23.7 Å². The van der Waals surface area contributed by atoms with Crippen LogP contribution in [0.5, 0.6) is 0 Å². The number of aliphatic hydroxyl groups excluding tert-OH is 3. The van der Waals surface area contributed by atoms with Crippen molar-refractivity contribution in [3.63, 3.8) is 0 Å². The summed E-state index contributed by atoms with van der Waals surface area (Å²) in [7, 11) is 1.67. The third-order valence-electron chi connectivity index (χ3n) is 16.8. The van der Waals surface area contributed by atoms with E-state index >= 15 is 0 Å². The maximum Gasteiger partial charge on any atom is 0.176 e. The first-order valence-electron chi connectivity index (χ1n) is 24.3. The van der Waals surface area contributed by atoms with Gasteiger partial charge in [0, 0.05) is 51.3 Å². The summed E-state index contributed by atoms with van der Waals surface area (Å²) in [5, 5.41) is 42.7. The van der Waals surface area contributed by atoms with Gasteiger partial charge in [-0.05, 0) is 150 Å². The van der Waals surface area contributed by atoms with E-state index in [1.54, 1.807) is 7.11 Å². The van der Waals surface area contributed by atoms with Crippen LogP contribution in [0.4, 0.5) is 0 Å². The second kappa shape index (κ2) is 21.1. The number of nitrogens with two attached hydrogens (primary N) is 1. The quantitative estimate of drug-likeness (QED) is 0.0821.